The molecule has 0 bridgehead atoms. The van der Waals surface area contributed by atoms with Crippen molar-refractivity contribution in [3.8, 4) is 0 Å². The van der Waals surface area contributed by atoms with E-state index in [0.717, 1.165) is 4.88 Å². The van der Waals surface area contributed by atoms with Gasteiger partial charge >= 0.3 is 0 Å². The standard InChI is InChI=1S/C12H10O2S/c1-9-4-5-10(15-9)6-7-11(13)12-3-2-8-14-12/h2-8H,1H3/b7-6+. The van der Waals surface area contributed by atoms with Crippen molar-refractivity contribution in [1.82, 2.24) is 0 Å². The zero-order valence-corrected chi connectivity index (χ0v) is 9.08. The number of rotatable bonds is 3. The first-order chi connectivity index (χ1) is 7.25. The maximum Gasteiger partial charge on any atom is 0.221 e. The number of furan rings is 1. The summed E-state index contributed by atoms with van der Waals surface area (Å²) in [5, 5.41) is 0. The third kappa shape index (κ3) is 2.44. The number of carbonyl (C=O) groups excluding carboxylic acids is 1. The fourth-order valence-electron chi connectivity index (χ4n) is 1.20. The minimum atomic E-state index is -0.106. The molecule has 76 valence electrons. The summed E-state index contributed by atoms with van der Waals surface area (Å²) in [5.41, 5.74) is 0. The molecular weight excluding hydrogens is 208 g/mol. The van der Waals surface area contributed by atoms with Gasteiger partial charge in [0, 0.05) is 9.75 Å². The summed E-state index contributed by atoms with van der Waals surface area (Å²) >= 11 is 1.66. The lowest BCUT2D eigenvalue weighted by atomic mass is 10.2. The SMILES string of the molecule is Cc1ccc(/C=C/C(=O)c2ccco2)s1. The van der Waals surface area contributed by atoms with Gasteiger partial charge in [-0.2, -0.15) is 0 Å². The summed E-state index contributed by atoms with van der Waals surface area (Å²) in [7, 11) is 0. The zero-order valence-electron chi connectivity index (χ0n) is 8.27. The molecule has 2 rings (SSSR count). The van der Waals surface area contributed by atoms with Crippen molar-refractivity contribution in [2.24, 2.45) is 0 Å². The van der Waals surface area contributed by atoms with Gasteiger partial charge in [-0.1, -0.05) is 0 Å². The van der Waals surface area contributed by atoms with Gasteiger partial charge in [0.1, 0.15) is 0 Å². The van der Waals surface area contributed by atoms with Crippen molar-refractivity contribution in [3.05, 3.63) is 52.1 Å². The molecule has 0 saturated carbocycles. The van der Waals surface area contributed by atoms with E-state index in [-0.39, 0.29) is 5.78 Å². The summed E-state index contributed by atoms with van der Waals surface area (Å²) < 4.78 is 4.99. The van der Waals surface area contributed by atoms with Crippen LogP contribution >= 0.6 is 11.3 Å². The van der Waals surface area contributed by atoms with Crippen molar-refractivity contribution in [3.63, 3.8) is 0 Å². The van der Waals surface area contributed by atoms with Crippen LogP contribution in [0.1, 0.15) is 20.3 Å². The maximum atomic E-state index is 11.5. The van der Waals surface area contributed by atoms with E-state index in [1.165, 1.54) is 17.2 Å². The fourth-order valence-corrected chi connectivity index (χ4v) is 1.98. The average Bonchev–Trinajstić information content (AvgIpc) is 2.84. The van der Waals surface area contributed by atoms with Crippen molar-refractivity contribution < 1.29 is 9.21 Å². The molecule has 0 aliphatic rings. The second-order valence-corrected chi connectivity index (χ2v) is 4.44. The van der Waals surface area contributed by atoms with Crippen LogP contribution in [0.5, 0.6) is 0 Å². The molecule has 0 atom stereocenters. The van der Waals surface area contributed by atoms with Gasteiger partial charge in [0.15, 0.2) is 5.76 Å². The maximum absolute atomic E-state index is 11.5. The molecule has 0 saturated heterocycles. The number of hydrogen-bond acceptors (Lipinski definition) is 3. The average molecular weight is 218 g/mol. The van der Waals surface area contributed by atoms with E-state index in [4.69, 9.17) is 4.42 Å². The Hall–Kier alpha value is -1.61. The fraction of sp³-hybridized carbons (Fsp3) is 0.0833. The summed E-state index contributed by atoms with van der Waals surface area (Å²) in [6, 6.07) is 7.39. The second kappa shape index (κ2) is 4.28. The Morgan fingerprint density at radius 3 is 2.87 bits per heavy atom. The lowest BCUT2D eigenvalue weighted by Crippen LogP contribution is -1.89. The van der Waals surface area contributed by atoms with E-state index >= 15 is 0 Å². The molecule has 0 aliphatic heterocycles. The topological polar surface area (TPSA) is 30.2 Å². The molecule has 2 aromatic heterocycles. The molecule has 15 heavy (non-hydrogen) atoms. The summed E-state index contributed by atoms with van der Waals surface area (Å²) in [6.45, 7) is 2.04. The number of carbonyl (C=O) groups is 1. The van der Waals surface area contributed by atoms with Crippen LogP contribution < -0.4 is 0 Å². The van der Waals surface area contributed by atoms with Gasteiger partial charge in [-0.15, -0.1) is 11.3 Å². The van der Waals surface area contributed by atoms with Crippen LogP contribution in [0, 0.1) is 6.92 Å². The molecular formula is C12H10O2S. The van der Waals surface area contributed by atoms with Crippen LogP contribution in [0.25, 0.3) is 6.08 Å². The van der Waals surface area contributed by atoms with E-state index in [2.05, 4.69) is 0 Å². The molecule has 0 radical (unpaired) electrons. The molecule has 2 aromatic rings. The molecule has 2 nitrogen and oxygen atoms in total. The lowest BCUT2D eigenvalue weighted by Gasteiger charge is -1.86. The van der Waals surface area contributed by atoms with Gasteiger partial charge in [0.25, 0.3) is 0 Å². The zero-order chi connectivity index (χ0) is 10.7. The smallest absolute Gasteiger partial charge is 0.221 e. The van der Waals surface area contributed by atoms with Gasteiger partial charge in [-0.05, 0) is 43.3 Å². The minimum Gasteiger partial charge on any atom is -0.461 e. The predicted octanol–water partition coefficient (Wildman–Crippen LogP) is 3.55. The highest BCUT2D eigenvalue weighted by atomic mass is 32.1. The highest BCUT2D eigenvalue weighted by molar-refractivity contribution is 7.12. The number of thiophene rings is 1. The van der Waals surface area contributed by atoms with E-state index in [0.29, 0.717) is 5.76 Å². The third-order valence-electron chi connectivity index (χ3n) is 1.92. The summed E-state index contributed by atoms with van der Waals surface area (Å²) in [5.74, 6) is 0.269. The van der Waals surface area contributed by atoms with Gasteiger partial charge < -0.3 is 4.42 Å². The quantitative estimate of drug-likeness (QED) is 0.582. The molecule has 2 heterocycles. The Morgan fingerprint density at radius 2 is 2.27 bits per heavy atom. The van der Waals surface area contributed by atoms with Gasteiger partial charge in [0.05, 0.1) is 6.26 Å². The minimum absolute atomic E-state index is 0.106. The first-order valence-corrected chi connectivity index (χ1v) is 5.40. The number of ketones is 1. The molecule has 0 amide bonds. The van der Waals surface area contributed by atoms with Crippen molar-refractivity contribution in [2.45, 2.75) is 6.92 Å². The van der Waals surface area contributed by atoms with Crippen LogP contribution in [0.2, 0.25) is 0 Å². The largest absolute Gasteiger partial charge is 0.461 e. The van der Waals surface area contributed by atoms with Gasteiger partial charge in [0.2, 0.25) is 5.78 Å². The van der Waals surface area contributed by atoms with Gasteiger partial charge in [-0.3, -0.25) is 4.79 Å². The monoisotopic (exact) mass is 218 g/mol. The molecule has 3 heteroatoms. The first kappa shape index (κ1) is 9.93. The van der Waals surface area contributed by atoms with Crippen LogP contribution in [-0.4, -0.2) is 5.78 Å². The lowest BCUT2D eigenvalue weighted by molar-refractivity contribution is 0.102. The van der Waals surface area contributed by atoms with E-state index in [1.807, 2.05) is 25.1 Å². The van der Waals surface area contributed by atoms with E-state index < -0.39 is 0 Å². The molecule has 0 fully saturated rings. The Morgan fingerprint density at radius 1 is 1.40 bits per heavy atom. The molecule has 0 unspecified atom stereocenters. The van der Waals surface area contributed by atoms with Crippen LogP contribution in [-0.2, 0) is 0 Å². The Kier molecular flexibility index (Phi) is 2.83. The van der Waals surface area contributed by atoms with E-state index in [9.17, 15) is 4.79 Å². The van der Waals surface area contributed by atoms with Crippen LogP contribution in [0.4, 0.5) is 0 Å². The van der Waals surface area contributed by atoms with Crippen molar-refractivity contribution >= 4 is 23.2 Å². The van der Waals surface area contributed by atoms with Gasteiger partial charge in [-0.25, -0.2) is 0 Å². The molecule has 0 N–H and O–H groups in total. The molecule has 0 aliphatic carbocycles. The second-order valence-electron chi connectivity index (χ2n) is 3.12. The van der Waals surface area contributed by atoms with E-state index in [1.54, 1.807) is 23.5 Å². The van der Waals surface area contributed by atoms with Crippen LogP contribution in [0.3, 0.4) is 0 Å². The van der Waals surface area contributed by atoms with Crippen molar-refractivity contribution in [1.29, 1.82) is 0 Å². The van der Waals surface area contributed by atoms with Crippen LogP contribution in [0.15, 0.2) is 41.0 Å². The number of allylic oxidation sites excluding steroid dienone is 1. The highest BCUT2D eigenvalue weighted by Crippen LogP contribution is 2.16. The number of hydrogen-bond donors (Lipinski definition) is 0. The van der Waals surface area contributed by atoms with Crippen molar-refractivity contribution in [2.75, 3.05) is 0 Å². The number of aryl methyl sites for hydroxylation is 1. The first-order valence-electron chi connectivity index (χ1n) is 4.58. The normalized spacial score (nSPS) is 11.0. The Bertz CT molecular complexity index is 477. The summed E-state index contributed by atoms with van der Waals surface area (Å²) in [4.78, 5) is 13.8. The molecule has 0 spiro atoms. The predicted molar refractivity (Wildman–Crippen MR) is 61.1 cm³/mol. The highest BCUT2D eigenvalue weighted by Gasteiger charge is 2.03. The summed E-state index contributed by atoms with van der Waals surface area (Å²) in [6.07, 6.45) is 4.84. The third-order valence-corrected chi connectivity index (χ3v) is 2.89. The Labute approximate surface area is 91.9 Å². The molecule has 0 aromatic carbocycles. The Balaban J connectivity index is 2.09.